The average molecular weight is 427 g/mol. The van der Waals surface area contributed by atoms with E-state index in [-0.39, 0.29) is 18.0 Å². The molecule has 0 spiro atoms. The number of pyridine rings is 1. The van der Waals surface area contributed by atoms with Crippen LogP contribution in [0.3, 0.4) is 0 Å². The number of hydrogen-bond acceptors (Lipinski definition) is 6. The molecule has 0 amide bonds. The van der Waals surface area contributed by atoms with Gasteiger partial charge in [-0.2, -0.15) is 0 Å². The normalized spacial score (nSPS) is 11.5. The third-order valence-electron chi connectivity index (χ3n) is 4.88. The third-order valence-corrected chi connectivity index (χ3v) is 6.36. The summed E-state index contributed by atoms with van der Waals surface area (Å²) in [6.45, 7) is 3.77. The van der Waals surface area contributed by atoms with Gasteiger partial charge in [0, 0.05) is 24.4 Å². The van der Waals surface area contributed by atoms with Gasteiger partial charge in [-0.25, -0.2) is 13.4 Å². The maximum absolute atomic E-state index is 12.5. The number of nitrogens with zero attached hydrogens (tertiary/aromatic N) is 2. The third kappa shape index (κ3) is 6.10. The fourth-order valence-corrected chi connectivity index (χ4v) is 4.60. The van der Waals surface area contributed by atoms with Crippen molar-refractivity contribution in [1.29, 1.82) is 0 Å². The van der Waals surface area contributed by atoms with Crippen LogP contribution in [-0.4, -0.2) is 29.9 Å². The molecule has 6 nitrogen and oxygen atoms in total. The Balaban J connectivity index is 1.57. The number of aromatic nitrogens is 2. The van der Waals surface area contributed by atoms with Gasteiger partial charge in [0.2, 0.25) is 5.89 Å². The van der Waals surface area contributed by atoms with Crippen molar-refractivity contribution in [3.8, 4) is 11.5 Å². The zero-order valence-electron chi connectivity index (χ0n) is 17.3. The van der Waals surface area contributed by atoms with Crippen LogP contribution >= 0.6 is 0 Å². The summed E-state index contributed by atoms with van der Waals surface area (Å²) in [5.41, 5.74) is 3.39. The summed E-state index contributed by atoms with van der Waals surface area (Å²) in [6, 6.07) is 11.6. The molecule has 0 unspecified atom stereocenters. The van der Waals surface area contributed by atoms with Crippen LogP contribution in [-0.2, 0) is 33.2 Å². The first kappa shape index (κ1) is 21.9. The smallest absolute Gasteiger partial charge is 0.226 e. The molecule has 3 aromatic rings. The van der Waals surface area contributed by atoms with Crippen LogP contribution in [0.15, 0.2) is 53.2 Å². The molecule has 0 aliphatic heterocycles. The Hall–Kier alpha value is -2.80. The highest BCUT2D eigenvalue weighted by Gasteiger charge is 2.22. The zero-order chi connectivity index (χ0) is 21.6. The minimum atomic E-state index is -3.62. The number of aryl methyl sites for hydroxylation is 3. The Labute approximate surface area is 177 Å². The highest BCUT2D eigenvalue weighted by molar-refractivity contribution is 7.91. The number of oxazole rings is 1. The lowest BCUT2D eigenvalue weighted by molar-refractivity contribution is -0.116. The minimum absolute atomic E-state index is 0.223. The second-order valence-corrected chi connectivity index (χ2v) is 9.42. The van der Waals surface area contributed by atoms with Crippen LogP contribution in [0.5, 0.6) is 0 Å². The number of benzene rings is 1. The molecular weight excluding hydrogens is 400 g/mol. The molecule has 1 aromatic carbocycles. The van der Waals surface area contributed by atoms with Crippen LogP contribution in [0.25, 0.3) is 11.5 Å². The lowest BCUT2D eigenvalue weighted by Gasteiger charge is -2.03. The van der Waals surface area contributed by atoms with Gasteiger partial charge in [-0.1, -0.05) is 25.1 Å². The molecule has 0 aliphatic rings. The van der Waals surface area contributed by atoms with Crippen LogP contribution in [0.4, 0.5) is 0 Å². The molecule has 0 aliphatic carbocycles. The number of rotatable bonds is 10. The molecule has 0 atom stereocenters. The van der Waals surface area contributed by atoms with E-state index in [0.717, 1.165) is 17.5 Å². The number of hydrogen-bond donors (Lipinski definition) is 0. The number of carbonyl (C=O) groups excluding carboxylic acids is 1. The quantitative estimate of drug-likeness (QED) is 0.484. The summed E-state index contributed by atoms with van der Waals surface area (Å²) in [5, 5.41) is 0. The molecule has 30 heavy (non-hydrogen) atoms. The van der Waals surface area contributed by atoms with E-state index >= 15 is 0 Å². The summed E-state index contributed by atoms with van der Waals surface area (Å²) in [7, 11) is -3.62. The van der Waals surface area contributed by atoms with Crippen molar-refractivity contribution >= 4 is 15.6 Å². The van der Waals surface area contributed by atoms with Crippen molar-refractivity contribution in [1.82, 2.24) is 9.97 Å². The highest BCUT2D eigenvalue weighted by atomic mass is 32.2. The van der Waals surface area contributed by atoms with E-state index in [4.69, 9.17) is 4.42 Å². The first-order valence-corrected chi connectivity index (χ1v) is 11.8. The molecule has 2 heterocycles. The van der Waals surface area contributed by atoms with E-state index in [0.29, 0.717) is 30.2 Å². The van der Waals surface area contributed by atoms with Gasteiger partial charge in [-0.3, -0.25) is 9.78 Å². The van der Waals surface area contributed by atoms with Crippen LogP contribution < -0.4 is 0 Å². The van der Waals surface area contributed by atoms with Crippen molar-refractivity contribution < 1.29 is 17.6 Å². The lowest BCUT2D eigenvalue weighted by Crippen LogP contribution is -2.18. The minimum Gasteiger partial charge on any atom is -0.441 e. The molecular formula is C23H26N2O4S. The molecule has 2 aromatic heterocycles. The molecule has 0 radical (unpaired) electrons. The van der Waals surface area contributed by atoms with Crippen molar-refractivity contribution in [2.75, 3.05) is 5.75 Å². The Kier molecular flexibility index (Phi) is 7.15. The monoisotopic (exact) mass is 426 g/mol. The van der Waals surface area contributed by atoms with Crippen molar-refractivity contribution in [2.24, 2.45) is 0 Å². The number of sulfone groups is 1. The van der Waals surface area contributed by atoms with Crippen LogP contribution in [0, 0.1) is 6.92 Å². The van der Waals surface area contributed by atoms with Gasteiger partial charge in [0.15, 0.2) is 9.84 Å². The molecule has 0 fully saturated rings. The first-order valence-electron chi connectivity index (χ1n) is 10.0. The number of carbonyl (C=O) groups is 1. The molecule has 3 rings (SSSR count). The molecule has 0 saturated carbocycles. The Morgan fingerprint density at radius 3 is 2.53 bits per heavy atom. The second kappa shape index (κ2) is 9.80. The van der Waals surface area contributed by atoms with Gasteiger partial charge in [-0.05, 0) is 55.5 Å². The predicted octanol–water partition coefficient (Wildman–Crippen LogP) is 4.11. The van der Waals surface area contributed by atoms with Gasteiger partial charge in [0.25, 0.3) is 0 Å². The summed E-state index contributed by atoms with van der Waals surface area (Å²) >= 11 is 0. The van der Waals surface area contributed by atoms with Crippen molar-refractivity contribution in [3.05, 3.63) is 71.4 Å². The molecule has 7 heteroatoms. The molecule has 0 bridgehead atoms. The SMILES string of the molecule is CCc1ccc(-c2nc(CS(=O)(=O)CC(=O)CCCc3cccnc3)c(C)o2)cc1. The maximum Gasteiger partial charge on any atom is 0.226 e. The molecule has 0 N–H and O–H groups in total. The van der Waals surface area contributed by atoms with Gasteiger partial charge < -0.3 is 4.42 Å². The molecule has 158 valence electrons. The summed E-state index contributed by atoms with van der Waals surface area (Å²) in [6.07, 6.45) is 5.90. The summed E-state index contributed by atoms with van der Waals surface area (Å²) < 4.78 is 30.7. The van der Waals surface area contributed by atoms with E-state index in [1.807, 2.05) is 36.4 Å². The predicted molar refractivity (Wildman–Crippen MR) is 116 cm³/mol. The summed E-state index contributed by atoms with van der Waals surface area (Å²) in [4.78, 5) is 20.6. The Morgan fingerprint density at radius 1 is 1.10 bits per heavy atom. The topological polar surface area (TPSA) is 90.1 Å². The van der Waals surface area contributed by atoms with Crippen molar-refractivity contribution in [3.63, 3.8) is 0 Å². The lowest BCUT2D eigenvalue weighted by atomic mass is 10.1. The van der Waals surface area contributed by atoms with Crippen LogP contribution in [0.2, 0.25) is 0 Å². The largest absolute Gasteiger partial charge is 0.441 e. The van der Waals surface area contributed by atoms with E-state index in [9.17, 15) is 13.2 Å². The Bertz CT molecular complexity index is 1090. The van der Waals surface area contributed by atoms with E-state index in [2.05, 4.69) is 16.9 Å². The van der Waals surface area contributed by atoms with E-state index < -0.39 is 15.6 Å². The Morgan fingerprint density at radius 2 is 1.87 bits per heavy atom. The van der Waals surface area contributed by atoms with Crippen molar-refractivity contribution in [2.45, 2.75) is 45.3 Å². The van der Waals surface area contributed by atoms with Gasteiger partial charge in [-0.15, -0.1) is 0 Å². The fourth-order valence-electron chi connectivity index (χ4n) is 3.18. The zero-order valence-corrected chi connectivity index (χ0v) is 18.1. The van der Waals surface area contributed by atoms with E-state index in [1.54, 1.807) is 19.3 Å². The van der Waals surface area contributed by atoms with Gasteiger partial charge >= 0.3 is 0 Å². The standard InChI is InChI=1S/C23H26N2O4S/c1-3-18-9-11-20(12-10-18)23-25-22(17(2)29-23)16-30(27,28)15-21(26)8-4-6-19-7-5-13-24-14-19/h5,7,9-14H,3-4,6,8,15-16H2,1-2H3. The fraction of sp³-hybridized carbons (Fsp3) is 0.348. The number of ketones is 1. The molecule has 0 saturated heterocycles. The summed E-state index contributed by atoms with van der Waals surface area (Å²) in [5.74, 6) is -0.216. The van der Waals surface area contributed by atoms with Crippen LogP contribution in [0.1, 0.15) is 42.3 Å². The first-order chi connectivity index (χ1) is 14.4. The average Bonchev–Trinajstić information content (AvgIpc) is 3.08. The maximum atomic E-state index is 12.5. The van der Waals surface area contributed by atoms with E-state index in [1.165, 1.54) is 5.56 Å². The highest BCUT2D eigenvalue weighted by Crippen LogP contribution is 2.23. The van der Waals surface area contributed by atoms with Gasteiger partial charge in [0.05, 0.1) is 11.4 Å². The van der Waals surface area contributed by atoms with Gasteiger partial charge in [0.1, 0.15) is 17.3 Å². The second-order valence-electron chi connectivity index (χ2n) is 7.36. The number of Topliss-reactive ketones (excluding diaryl/α,β-unsaturated/α-hetero) is 1.